The fraction of sp³-hybridized carbons (Fsp3) is 0. The summed E-state index contributed by atoms with van der Waals surface area (Å²) in [6, 6.07) is 8.99. The highest BCUT2D eigenvalue weighted by molar-refractivity contribution is 5.88. The molecule has 0 saturated carbocycles. The van der Waals surface area contributed by atoms with Gasteiger partial charge >= 0.3 is 11.9 Å². The van der Waals surface area contributed by atoms with E-state index in [-0.39, 0.29) is 11.4 Å². The Bertz CT molecular complexity index is 639. The van der Waals surface area contributed by atoms with Gasteiger partial charge in [-0.05, 0) is 29.8 Å². The largest absolute Gasteiger partial charge is 0.478 e. The molecule has 0 aliphatic rings. The van der Waals surface area contributed by atoms with Gasteiger partial charge in [-0.15, -0.1) is 0 Å². The lowest BCUT2D eigenvalue weighted by atomic mass is 10.1. The van der Waals surface area contributed by atoms with Gasteiger partial charge in [0.15, 0.2) is 0 Å². The summed E-state index contributed by atoms with van der Waals surface area (Å²) in [5.41, 5.74) is 0.967. The van der Waals surface area contributed by atoms with Crippen LogP contribution in [0.4, 0.5) is 5.88 Å². The van der Waals surface area contributed by atoms with Crippen LogP contribution in [-0.4, -0.2) is 16.0 Å². The highest BCUT2D eigenvalue weighted by Gasteiger charge is 2.09. The molecule has 0 fully saturated rings. The molecule has 2 rings (SSSR count). The van der Waals surface area contributed by atoms with Gasteiger partial charge in [0.25, 0.3) is 0 Å². The minimum Gasteiger partial charge on any atom is -0.478 e. The van der Waals surface area contributed by atoms with E-state index in [1.54, 1.807) is 24.3 Å². The summed E-state index contributed by atoms with van der Waals surface area (Å²) in [6.07, 6.45) is 3.25. The zero-order valence-corrected chi connectivity index (χ0v) is 9.65. The molecule has 1 aromatic heterocycles. The molecule has 0 aliphatic carbocycles. The van der Waals surface area contributed by atoms with Crippen LogP contribution in [0.5, 0.6) is 0 Å². The smallest absolute Gasteiger partial charge is 0.433 e. The van der Waals surface area contributed by atoms with E-state index < -0.39 is 10.9 Å². The molecule has 0 unspecified atom stereocenters. The summed E-state index contributed by atoms with van der Waals surface area (Å²) in [6.45, 7) is 0. The normalized spacial score (nSPS) is 10.7. The first-order chi connectivity index (χ1) is 9.06. The van der Waals surface area contributed by atoms with Crippen molar-refractivity contribution in [1.29, 1.82) is 0 Å². The maximum absolute atomic E-state index is 10.7. The molecule has 0 aliphatic heterocycles. The third-order valence-electron chi connectivity index (χ3n) is 2.39. The molecule has 0 atom stereocenters. The second-order valence-electron chi connectivity index (χ2n) is 3.69. The summed E-state index contributed by atoms with van der Waals surface area (Å²) in [5, 5.41) is 19.2. The number of hydrogen-bond acceptors (Lipinski definition) is 4. The lowest BCUT2D eigenvalue weighted by Crippen LogP contribution is -1.94. The van der Waals surface area contributed by atoms with Gasteiger partial charge in [-0.3, -0.25) is 10.1 Å². The fourth-order valence-corrected chi connectivity index (χ4v) is 1.45. The van der Waals surface area contributed by atoms with Crippen molar-refractivity contribution in [2.45, 2.75) is 0 Å². The van der Waals surface area contributed by atoms with Gasteiger partial charge in [0.2, 0.25) is 0 Å². The Morgan fingerprint density at radius 1 is 1.16 bits per heavy atom. The van der Waals surface area contributed by atoms with Gasteiger partial charge in [-0.25, -0.2) is 4.79 Å². The Morgan fingerprint density at radius 2 is 1.84 bits per heavy atom. The second kappa shape index (κ2) is 5.18. The van der Waals surface area contributed by atoms with Gasteiger partial charge in [-0.1, -0.05) is 18.2 Å². The van der Waals surface area contributed by atoms with E-state index in [1.807, 2.05) is 0 Å². The average Bonchev–Trinajstić information content (AvgIpc) is 2.86. The van der Waals surface area contributed by atoms with Crippen molar-refractivity contribution in [1.82, 2.24) is 0 Å². The number of benzene rings is 1. The maximum atomic E-state index is 10.7. The SMILES string of the molecule is O=C(O)c1ccc(/C=C\c2ccc([N+](=O)[O-])o2)cc1. The molecule has 19 heavy (non-hydrogen) atoms. The van der Waals surface area contributed by atoms with E-state index in [2.05, 4.69) is 0 Å². The Hall–Kier alpha value is -2.89. The van der Waals surface area contributed by atoms with Crippen LogP contribution < -0.4 is 0 Å². The zero-order chi connectivity index (χ0) is 13.8. The van der Waals surface area contributed by atoms with Crippen LogP contribution in [0.15, 0.2) is 40.8 Å². The first kappa shape index (κ1) is 12.6. The number of carboxylic acids is 1. The topological polar surface area (TPSA) is 93.6 Å². The fourth-order valence-electron chi connectivity index (χ4n) is 1.45. The highest BCUT2D eigenvalue weighted by Crippen LogP contribution is 2.18. The molecular formula is C13H9NO5. The van der Waals surface area contributed by atoms with Gasteiger partial charge in [0.1, 0.15) is 10.7 Å². The molecule has 1 aromatic carbocycles. The summed E-state index contributed by atoms with van der Waals surface area (Å²) in [5.74, 6) is -0.952. The van der Waals surface area contributed by atoms with Crippen molar-refractivity contribution in [3.05, 3.63) is 63.4 Å². The number of aromatic carboxylic acids is 1. The molecule has 96 valence electrons. The molecule has 6 heteroatoms. The molecule has 0 saturated heterocycles. The molecule has 0 bridgehead atoms. The predicted octanol–water partition coefficient (Wildman–Crippen LogP) is 3.06. The third-order valence-corrected chi connectivity index (χ3v) is 2.39. The second-order valence-corrected chi connectivity index (χ2v) is 3.69. The number of hydrogen-bond donors (Lipinski definition) is 1. The van der Waals surface area contributed by atoms with Crippen LogP contribution in [0.1, 0.15) is 21.7 Å². The molecule has 0 radical (unpaired) electrons. The maximum Gasteiger partial charge on any atom is 0.433 e. The van der Waals surface area contributed by atoms with Crippen LogP contribution in [0, 0.1) is 10.1 Å². The number of nitro groups is 1. The zero-order valence-electron chi connectivity index (χ0n) is 9.65. The Balaban J connectivity index is 2.13. The van der Waals surface area contributed by atoms with E-state index in [9.17, 15) is 14.9 Å². The third kappa shape index (κ3) is 3.06. The number of carbonyl (C=O) groups is 1. The van der Waals surface area contributed by atoms with Gasteiger partial charge in [-0.2, -0.15) is 0 Å². The summed E-state index contributed by atoms with van der Waals surface area (Å²) in [4.78, 5) is 20.5. The van der Waals surface area contributed by atoms with E-state index >= 15 is 0 Å². The van der Waals surface area contributed by atoms with Crippen molar-refractivity contribution in [3.63, 3.8) is 0 Å². The van der Waals surface area contributed by atoms with E-state index in [4.69, 9.17) is 9.52 Å². The highest BCUT2D eigenvalue weighted by atomic mass is 16.6. The molecule has 0 spiro atoms. The molecule has 0 amide bonds. The first-order valence-electron chi connectivity index (χ1n) is 5.32. The van der Waals surface area contributed by atoms with Crippen molar-refractivity contribution in [2.75, 3.05) is 0 Å². The van der Waals surface area contributed by atoms with Crippen molar-refractivity contribution in [2.24, 2.45) is 0 Å². The van der Waals surface area contributed by atoms with Crippen molar-refractivity contribution >= 4 is 24.0 Å². The Labute approximate surface area is 107 Å². The lowest BCUT2D eigenvalue weighted by molar-refractivity contribution is -0.402. The van der Waals surface area contributed by atoms with E-state index in [0.717, 1.165) is 5.56 Å². The monoisotopic (exact) mass is 259 g/mol. The summed E-state index contributed by atoms with van der Waals surface area (Å²) >= 11 is 0. The standard InChI is InChI=1S/C13H9NO5/c15-13(16)10-4-1-9(2-5-10)3-6-11-7-8-12(19-11)14(17)18/h1-8H,(H,15,16)/b6-3-. The van der Waals surface area contributed by atoms with Crippen LogP contribution in [0.2, 0.25) is 0 Å². The molecule has 2 aromatic rings. The van der Waals surface area contributed by atoms with Gasteiger partial charge < -0.3 is 9.52 Å². The molecular weight excluding hydrogens is 250 g/mol. The van der Waals surface area contributed by atoms with Crippen LogP contribution in [-0.2, 0) is 0 Å². The van der Waals surface area contributed by atoms with Gasteiger partial charge in [0.05, 0.1) is 11.6 Å². The minimum atomic E-state index is -0.989. The molecule has 1 heterocycles. The van der Waals surface area contributed by atoms with Gasteiger partial charge in [0, 0.05) is 0 Å². The predicted molar refractivity (Wildman–Crippen MR) is 67.7 cm³/mol. The minimum absolute atomic E-state index is 0.200. The number of carboxylic acid groups (broad SMARTS) is 1. The van der Waals surface area contributed by atoms with Crippen molar-refractivity contribution < 1.29 is 19.2 Å². The number of furan rings is 1. The quantitative estimate of drug-likeness (QED) is 0.672. The van der Waals surface area contributed by atoms with Crippen molar-refractivity contribution in [3.8, 4) is 0 Å². The molecule has 1 N–H and O–H groups in total. The molecule has 6 nitrogen and oxygen atoms in total. The lowest BCUT2D eigenvalue weighted by Gasteiger charge is -1.95. The van der Waals surface area contributed by atoms with E-state index in [1.165, 1.54) is 24.3 Å². The number of nitrogens with zero attached hydrogens (tertiary/aromatic N) is 1. The Morgan fingerprint density at radius 3 is 2.37 bits per heavy atom. The number of rotatable bonds is 4. The van der Waals surface area contributed by atoms with Crippen LogP contribution >= 0.6 is 0 Å². The van der Waals surface area contributed by atoms with Crippen LogP contribution in [0.3, 0.4) is 0 Å². The van der Waals surface area contributed by atoms with Crippen LogP contribution in [0.25, 0.3) is 12.2 Å². The Kier molecular flexibility index (Phi) is 3.42. The van der Waals surface area contributed by atoms with E-state index in [0.29, 0.717) is 5.76 Å². The first-order valence-corrected chi connectivity index (χ1v) is 5.32. The average molecular weight is 259 g/mol. The summed E-state index contributed by atoms with van der Waals surface area (Å²) in [7, 11) is 0. The summed E-state index contributed by atoms with van der Waals surface area (Å²) < 4.78 is 4.95.